The highest BCUT2D eigenvalue weighted by Crippen LogP contribution is 2.16. The lowest BCUT2D eigenvalue weighted by molar-refractivity contribution is 0.252. The van der Waals surface area contributed by atoms with Crippen molar-refractivity contribution in [3.8, 4) is 0 Å². The summed E-state index contributed by atoms with van der Waals surface area (Å²) in [7, 11) is 0. The topological polar surface area (TPSA) is 104 Å². The summed E-state index contributed by atoms with van der Waals surface area (Å²) in [4.78, 5) is 24.7. The fourth-order valence-corrected chi connectivity index (χ4v) is 2.74. The summed E-state index contributed by atoms with van der Waals surface area (Å²) < 4.78 is 0. The second-order valence-electron chi connectivity index (χ2n) is 6.45. The van der Waals surface area contributed by atoms with Crippen LogP contribution in [0.1, 0.15) is 18.1 Å². The van der Waals surface area contributed by atoms with Gasteiger partial charge in [0.05, 0.1) is 0 Å². The van der Waals surface area contributed by atoms with Crippen LogP contribution in [0.3, 0.4) is 0 Å². The van der Waals surface area contributed by atoms with Gasteiger partial charge in [0.25, 0.3) is 0 Å². The highest BCUT2D eigenvalue weighted by molar-refractivity contribution is 5.90. The monoisotopic (exact) mass is 391 g/mol. The van der Waals surface area contributed by atoms with E-state index in [0.717, 1.165) is 29.1 Å². The number of amides is 2. The van der Waals surface area contributed by atoms with Gasteiger partial charge in [0.2, 0.25) is 0 Å². The molecule has 2 heterocycles. The smallest absolute Gasteiger partial charge is 0.319 e. The van der Waals surface area contributed by atoms with E-state index in [2.05, 4.69) is 43.1 Å². The maximum absolute atomic E-state index is 12.1. The van der Waals surface area contributed by atoms with Gasteiger partial charge in [0, 0.05) is 31.0 Å². The highest BCUT2D eigenvalue weighted by atomic mass is 16.2. The summed E-state index contributed by atoms with van der Waals surface area (Å²) in [5.41, 5.74) is 3.04. The number of rotatable bonds is 8. The van der Waals surface area contributed by atoms with Crippen molar-refractivity contribution in [1.82, 2.24) is 20.3 Å². The molecule has 3 rings (SSSR count). The first-order valence-corrected chi connectivity index (χ1v) is 9.52. The van der Waals surface area contributed by atoms with Crippen LogP contribution in [0.5, 0.6) is 0 Å². The fourth-order valence-electron chi connectivity index (χ4n) is 2.74. The maximum Gasteiger partial charge on any atom is 0.319 e. The molecule has 0 saturated heterocycles. The minimum atomic E-state index is -0.233. The molecule has 8 heteroatoms. The van der Waals surface area contributed by atoms with Crippen LogP contribution in [0.15, 0.2) is 55.0 Å². The predicted octanol–water partition coefficient (Wildman–Crippen LogP) is 3.72. The number of pyridine rings is 1. The van der Waals surface area contributed by atoms with Crippen molar-refractivity contribution >= 4 is 29.2 Å². The van der Waals surface area contributed by atoms with E-state index in [1.807, 2.05) is 43.3 Å². The molecule has 8 nitrogen and oxygen atoms in total. The first-order valence-electron chi connectivity index (χ1n) is 9.52. The van der Waals surface area contributed by atoms with Gasteiger partial charge in [0.1, 0.15) is 23.8 Å². The van der Waals surface area contributed by atoms with E-state index in [1.165, 1.54) is 6.33 Å². The molecule has 1 aromatic carbocycles. The van der Waals surface area contributed by atoms with E-state index in [1.54, 1.807) is 12.3 Å². The second-order valence-corrected chi connectivity index (χ2v) is 6.45. The van der Waals surface area contributed by atoms with Gasteiger partial charge in [-0.2, -0.15) is 0 Å². The van der Waals surface area contributed by atoms with E-state index in [4.69, 9.17) is 0 Å². The van der Waals surface area contributed by atoms with Crippen molar-refractivity contribution < 1.29 is 4.79 Å². The largest absolute Gasteiger partial charge is 0.368 e. The molecule has 150 valence electrons. The Morgan fingerprint density at radius 3 is 2.59 bits per heavy atom. The Morgan fingerprint density at radius 1 is 0.966 bits per heavy atom. The predicted molar refractivity (Wildman–Crippen MR) is 116 cm³/mol. The number of nitrogens with zero attached hydrogens (tertiary/aromatic N) is 3. The Morgan fingerprint density at radius 2 is 1.76 bits per heavy atom. The molecule has 0 spiro atoms. The number of carbonyl (C=O) groups excluding carboxylic acids is 1. The van der Waals surface area contributed by atoms with Gasteiger partial charge >= 0.3 is 6.03 Å². The van der Waals surface area contributed by atoms with Gasteiger partial charge in [-0.25, -0.2) is 19.7 Å². The average Bonchev–Trinajstić information content (AvgIpc) is 2.72. The van der Waals surface area contributed by atoms with Crippen LogP contribution in [-0.4, -0.2) is 34.1 Å². The van der Waals surface area contributed by atoms with Gasteiger partial charge in [-0.3, -0.25) is 0 Å². The third-order valence-corrected chi connectivity index (χ3v) is 4.20. The lowest BCUT2D eigenvalue weighted by Crippen LogP contribution is -2.33. The standard InChI is InChI=1S/C21H25N7O/c1-3-16-6-4-5-7-17(16)27-21(29)24-11-10-23-18-13-20(26-14-25-18)28-19-12-15(2)8-9-22-19/h4-9,12-14H,3,10-11H2,1-2H3,(H2,24,27,29)(H2,22,23,25,26,28). The third kappa shape index (κ3) is 6.17. The molecule has 0 aliphatic carbocycles. The van der Waals surface area contributed by atoms with Gasteiger partial charge < -0.3 is 21.3 Å². The summed E-state index contributed by atoms with van der Waals surface area (Å²) in [5.74, 6) is 2.02. The zero-order valence-electron chi connectivity index (χ0n) is 16.6. The lowest BCUT2D eigenvalue weighted by atomic mass is 10.1. The summed E-state index contributed by atoms with van der Waals surface area (Å²) in [6.07, 6.45) is 4.08. The molecular weight excluding hydrogens is 366 g/mol. The lowest BCUT2D eigenvalue weighted by Gasteiger charge is -2.12. The van der Waals surface area contributed by atoms with E-state index >= 15 is 0 Å². The summed E-state index contributed by atoms with van der Waals surface area (Å²) in [6.45, 7) is 5.04. The quantitative estimate of drug-likeness (QED) is 0.436. The van der Waals surface area contributed by atoms with Crippen molar-refractivity contribution in [2.75, 3.05) is 29.0 Å². The number of carbonyl (C=O) groups is 1. The maximum atomic E-state index is 12.1. The normalized spacial score (nSPS) is 10.3. The molecule has 0 aliphatic rings. The SMILES string of the molecule is CCc1ccccc1NC(=O)NCCNc1cc(Nc2cc(C)ccn2)ncn1. The third-order valence-electron chi connectivity index (χ3n) is 4.20. The summed E-state index contributed by atoms with van der Waals surface area (Å²) in [5, 5.41) is 12.0. The van der Waals surface area contributed by atoms with Crippen LogP contribution in [0, 0.1) is 6.92 Å². The van der Waals surface area contributed by atoms with Crippen molar-refractivity contribution in [3.63, 3.8) is 0 Å². The Kier molecular flexibility index (Phi) is 6.94. The van der Waals surface area contributed by atoms with Gasteiger partial charge in [-0.05, 0) is 42.7 Å². The van der Waals surface area contributed by atoms with Crippen LogP contribution < -0.4 is 21.3 Å². The number of hydrogen-bond donors (Lipinski definition) is 4. The molecule has 0 atom stereocenters. The molecule has 3 aromatic rings. The number of para-hydroxylation sites is 1. The number of nitrogens with one attached hydrogen (secondary N) is 4. The van der Waals surface area contributed by atoms with E-state index < -0.39 is 0 Å². The number of benzene rings is 1. The van der Waals surface area contributed by atoms with Crippen LogP contribution in [0.2, 0.25) is 0 Å². The number of urea groups is 1. The molecule has 0 bridgehead atoms. The molecule has 0 aliphatic heterocycles. The number of anilines is 4. The molecule has 0 fully saturated rings. The number of aryl methyl sites for hydroxylation is 2. The average molecular weight is 391 g/mol. The minimum Gasteiger partial charge on any atom is -0.368 e. The van der Waals surface area contributed by atoms with E-state index in [9.17, 15) is 4.79 Å². The van der Waals surface area contributed by atoms with Crippen LogP contribution in [-0.2, 0) is 6.42 Å². The molecule has 2 aromatic heterocycles. The molecule has 0 radical (unpaired) electrons. The van der Waals surface area contributed by atoms with Crippen molar-refractivity contribution in [1.29, 1.82) is 0 Å². The highest BCUT2D eigenvalue weighted by Gasteiger charge is 2.05. The molecule has 4 N–H and O–H groups in total. The summed E-state index contributed by atoms with van der Waals surface area (Å²) >= 11 is 0. The Balaban J connectivity index is 1.45. The zero-order chi connectivity index (χ0) is 20.5. The first-order chi connectivity index (χ1) is 14.1. The van der Waals surface area contributed by atoms with Crippen molar-refractivity contribution in [3.05, 3.63) is 66.1 Å². The van der Waals surface area contributed by atoms with Crippen molar-refractivity contribution in [2.45, 2.75) is 20.3 Å². The van der Waals surface area contributed by atoms with Crippen molar-refractivity contribution in [2.24, 2.45) is 0 Å². The van der Waals surface area contributed by atoms with Crippen LogP contribution >= 0.6 is 0 Å². The molecule has 2 amide bonds. The molecular formula is C21H25N7O. The summed E-state index contributed by atoms with van der Waals surface area (Å²) in [6, 6.07) is 13.2. The number of aromatic nitrogens is 3. The molecule has 0 saturated carbocycles. The van der Waals surface area contributed by atoms with E-state index in [0.29, 0.717) is 24.7 Å². The Hall–Kier alpha value is -3.68. The zero-order valence-corrected chi connectivity index (χ0v) is 16.6. The van der Waals surface area contributed by atoms with Gasteiger partial charge in [-0.15, -0.1) is 0 Å². The van der Waals surface area contributed by atoms with Crippen LogP contribution in [0.4, 0.5) is 27.9 Å². The molecule has 29 heavy (non-hydrogen) atoms. The second kappa shape index (κ2) is 10.0. The minimum absolute atomic E-state index is 0.233. The first kappa shape index (κ1) is 20.1. The Bertz CT molecular complexity index is 961. The number of hydrogen-bond acceptors (Lipinski definition) is 6. The Labute approximate surface area is 170 Å². The fraction of sp³-hybridized carbons (Fsp3) is 0.238. The molecule has 0 unspecified atom stereocenters. The van der Waals surface area contributed by atoms with E-state index in [-0.39, 0.29) is 6.03 Å². The van der Waals surface area contributed by atoms with Crippen LogP contribution in [0.25, 0.3) is 0 Å². The van der Waals surface area contributed by atoms with Gasteiger partial charge in [0.15, 0.2) is 0 Å². The van der Waals surface area contributed by atoms with Gasteiger partial charge in [-0.1, -0.05) is 25.1 Å².